The van der Waals surface area contributed by atoms with E-state index in [1.807, 2.05) is 0 Å². The molecule has 1 rings (SSSR count). The van der Waals surface area contributed by atoms with Gasteiger partial charge in [-0.25, -0.2) is 8.78 Å². The predicted octanol–water partition coefficient (Wildman–Crippen LogP) is 0.698. The van der Waals surface area contributed by atoms with E-state index in [0.29, 0.717) is 6.20 Å². The lowest BCUT2D eigenvalue weighted by Gasteiger charge is -2.28. The third-order valence-electron chi connectivity index (χ3n) is 2.30. The van der Waals surface area contributed by atoms with Crippen molar-refractivity contribution in [3.63, 3.8) is 0 Å². The number of nitrogens with one attached hydrogen (secondary N) is 1. The highest BCUT2D eigenvalue weighted by molar-refractivity contribution is 6.69. The molecule has 1 fully saturated rings. The number of hydrogen-bond donors (Lipinski definition) is 2. The van der Waals surface area contributed by atoms with Crippen LogP contribution >= 0.6 is 11.6 Å². The predicted molar refractivity (Wildman–Crippen MR) is 58.8 cm³/mol. The lowest BCUT2D eigenvalue weighted by molar-refractivity contribution is -0.414. The Morgan fingerprint density at radius 2 is 2.35 bits per heavy atom. The number of piperidine rings is 1. The molecule has 0 aliphatic carbocycles. The SMILES string of the molecule is NC=C(C(Cl)=NC1CNCCC1(F)F)[N+](=O)[O-]. The molecule has 0 saturated carbocycles. The van der Waals surface area contributed by atoms with Crippen molar-refractivity contribution in [1.29, 1.82) is 0 Å². The van der Waals surface area contributed by atoms with Crippen LogP contribution in [0.4, 0.5) is 8.78 Å². The zero-order valence-corrected chi connectivity index (χ0v) is 9.45. The van der Waals surface area contributed by atoms with Gasteiger partial charge in [0.25, 0.3) is 5.92 Å². The molecule has 1 aliphatic rings. The molecule has 1 unspecified atom stereocenters. The number of alkyl halides is 2. The van der Waals surface area contributed by atoms with E-state index in [1.165, 1.54) is 0 Å². The number of nitrogens with two attached hydrogens (primary N) is 1. The highest BCUT2D eigenvalue weighted by atomic mass is 35.5. The Balaban J connectivity index is 2.90. The standard InChI is InChI=1S/C8H11ClF2N4O2/c9-7(5(3-12)15(16)17)14-6-4-13-2-1-8(6,10)11/h3,6,13H,1-2,4,12H2. The summed E-state index contributed by atoms with van der Waals surface area (Å²) in [6, 6.07) is -1.42. The van der Waals surface area contributed by atoms with Gasteiger partial charge >= 0.3 is 5.70 Å². The van der Waals surface area contributed by atoms with Gasteiger partial charge < -0.3 is 11.1 Å². The van der Waals surface area contributed by atoms with Crippen LogP contribution in [0, 0.1) is 10.1 Å². The maximum Gasteiger partial charge on any atom is 0.321 e. The first-order valence-electron chi connectivity index (χ1n) is 4.77. The van der Waals surface area contributed by atoms with Gasteiger partial charge in [0.05, 0.1) is 11.1 Å². The van der Waals surface area contributed by atoms with Crippen molar-refractivity contribution in [3.05, 3.63) is 22.0 Å². The molecule has 0 aromatic rings. The fourth-order valence-electron chi connectivity index (χ4n) is 1.36. The maximum absolute atomic E-state index is 13.4. The summed E-state index contributed by atoms with van der Waals surface area (Å²) in [7, 11) is 0. The molecule has 96 valence electrons. The van der Waals surface area contributed by atoms with Crippen LogP contribution in [0.15, 0.2) is 16.9 Å². The van der Waals surface area contributed by atoms with Crippen molar-refractivity contribution in [1.82, 2.24) is 5.32 Å². The number of nitrogens with zero attached hydrogens (tertiary/aromatic N) is 2. The Bertz CT molecular complexity index is 373. The van der Waals surface area contributed by atoms with E-state index in [0.717, 1.165) is 0 Å². The number of allylic oxidation sites excluding steroid dienone is 1. The van der Waals surface area contributed by atoms with Gasteiger partial charge in [-0.3, -0.25) is 15.1 Å². The van der Waals surface area contributed by atoms with Gasteiger partial charge in [-0.15, -0.1) is 0 Å². The zero-order chi connectivity index (χ0) is 13.1. The monoisotopic (exact) mass is 268 g/mol. The van der Waals surface area contributed by atoms with Crippen molar-refractivity contribution in [2.45, 2.75) is 18.4 Å². The smallest absolute Gasteiger partial charge is 0.321 e. The third kappa shape index (κ3) is 3.34. The van der Waals surface area contributed by atoms with Crippen LogP contribution in [-0.4, -0.2) is 35.1 Å². The molecule has 1 heterocycles. The van der Waals surface area contributed by atoms with E-state index in [9.17, 15) is 18.9 Å². The third-order valence-corrected chi connectivity index (χ3v) is 2.59. The van der Waals surface area contributed by atoms with E-state index in [1.54, 1.807) is 0 Å². The van der Waals surface area contributed by atoms with Gasteiger partial charge in [0, 0.05) is 19.5 Å². The minimum Gasteiger partial charge on any atom is -0.399 e. The van der Waals surface area contributed by atoms with Gasteiger partial charge in [-0.05, 0) is 0 Å². The summed E-state index contributed by atoms with van der Waals surface area (Å²) in [4.78, 5) is 13.0. The first kappa shape index (κ1) is 13.8. The Morgan fingerprint density at radius 3 is 2.82 bits per heavy atom. The molecule has 0 spiro atoms. The normalized spacial score (nSPS) is 25.7. The summed E-state index contributed by atoms with van der Waals surface area (Å²) in [5.41, 5.74) is 4.29. The molecule has 1 saturated heterocycles. The topological polar surface area (TPSA) is 93.5 Å². The van der Waals surface area contributed by atoms with Crippen LogP contribution in [0.25, 0.3) is 0 Å². The van der Waals surface area contributed by atoms with Gasteiger partial charge in [0.2, 0.25) is 5.17 Å². The van der Waals surface area contributed by atoms with Crippen LogP contribution < -0.4 is 11.1 Å². The molecule has 17 heavy (non-hydrogen) atoms. The Labute approximate surface area is 101 Å². The summed E-state index contributed by atoms with van der Waals surface area (Å²) in [6.07, 6.45) is 0.242. The van der Waals surface area contributed by atoms with Gasteiger partial charge in [0.1, 0.15) is 6.04 Å². The highest BCUT2D eigenvalue weighted by Crippen LogP contribution is 2.28. The summed E-state index contributed by atoms with van der Waals surface area (Å²) in [5.74, 6) is -3.03. The summed E-state index contributed by atoms with van der Waals surface area (Å²) < 4.78 is 26.7. The minimum atomic E-state index is -3.03. The molecule has 9 heteroatoms. The second-order valence-corrected chi connectivity index (χ2v) is 3.82. The molecule has 3 N–H and O–H groups in total. The van der Waals surface area contributed by atoms with E-state index in [-0.39, 0.29) is 19.5 Å². The van der Waals surface area contributed by atoms with Crippen molar-refractivity contribution in [3.8, 4) is 0 Å². The molecule has 1 atom stereocenters. The number of rotatable bonds is 3. The molecule has 0 aromatic heterocycles. The van der Waals surface area contributed by atoms with Gasteiger partial charge in [0.15, 0.2) is 0 Å². The van der Waals surface area contributed by atoms with Gasteiger partial charge in [-0.2, -0.15) is 0 Å². The lowest BCUT2D eigenvalue weighted by atomic mass is 10.0. The van der Waals surface area contributed by atoms with E-state index < -0.39 is 27.8 Å². The molecule has 0 radical (unpaired) electrons. The van der Waals surface area contributed by atoms with Crippen LogP contribution in [0.1, 0.15) is 6.42 Å². The number of hydrogen-bond acceptors (Lipinski definition) is 5. The molecule has 1 aliphatic heterocycles. The second-order valence-electron chi connectivity index (χ2n) is 3.46. The Kier molecular flexibility index (Phi) is 4.35. The fraction of sp³-hybridized carbons (Fsp3) is 0.625. The average molecular weight is 269 g/mol. The van der Waals surface area contributed by atoms with Crippen LogP contribution in [0.3, 0.4) is 0 Å². The van der Waals surface area contributed by atoms with Crippen molar-refractivity contribution < 1.29 is 13.7 Å². The quantitative estimate of drug-likeness (QED) is 0.447. The molecule has 6 nitrogen and oxygen atoms in total. The van der Waals surface area contributed by atoms with E-state index >= 15 is 0 Å². The summed E-state index contributed by atoms with van der Waals surface area (Å²) in [6.45, 7) is 0.0875. The van der Waals surface area contributed by atoms with Crippen molar-refractivity contribution in [2.75, 3.05) is 13.1 Å². The molecular weight excluding hydrogens is 258 g/mol. The lowest BCUT2D eigenvalue weighted by Crippen LogP contribution is -2.48. The van der Waals surface area contributed by atoms with E-state index in [2.05, 4.69) is 10.3 Å². The Hall–Kier alpha value is -1.28. The largest absolute Gasteiger partial charge is 0.399 e. The van der Waals surface area contributed by atoms with Crippen molar-refractivity contribution in [2.24, 2.45) is 10.7 Å². The van der Waals surface area contributed by atoms with E-state index in [4.69, 9.17) is 17.3 Å². The first-order chi connectivity index (χ1) is 7.88. The average Bonchev–Trinajstić information content (AvgIpc) is 2.21. The fourth-order valence-corrected chi connectivity index (χ4v) is 1.61. The van der Waals surface area contributed by atoms with Crippen LogP contribution in [-0.2, 0) is 0 Å². The zero-order valence-electron chi connectivity index (χ0n) is 8.70. The maximum atomic E-state index is 13.4. The van der Waals surface area contributed by atoms with Crippen LogP contribution in [0.2, 0.25) is 0 Å². The Morgan fingerprint density at radius 1 is 1.71 bits per heavy atom. The summed E-state index contributed by atoms with van der Waals surface area (Å²) >= 11 is 5.50. The molecule has 0 amide bonds. The van der Waals surface area contributed by atoms with Gasteiger partial charge in [-0.1, -0.05) is 11.6 Å². The molecule has 0 bridgehead atoms. The van der Waals surface area contributed by atoms with Crippen LogP contribution in [0.5, 0.6) is 0 Å². The summed E-state index contributed by atoms with van der Waals surface area (Å²) in [5, 5.41) is 12.6. The number of aliphatic imine (C=N–C) groups is 1. The second kappa shape index (κ2) is 5.37. The molecular formula is C8H11ClF2N4O2. The number of nitro groups is 1. The number of halogens is 3. The minimum absolute atomic E-state index is 0.0845. The first-order valence-corrected chi connectivity index (χ1v) is 5.15. The van der Waals surface area contributed by atoms with Crippen molar-refractivity contribution >= 4 is 16.8 Å². The molecule has 0 aromatic carbocycles. The highest BCUT2D eigenvalue weighted by Gasteiger charge is 2.42.